The van der Waals surface area contributed by atoms with Gasteiger partial charge in [0.15, 0.2) is 4.90 Å². The first-order valence-corrected chi connectivity index (χ1v) is 9.90. The van der Waals surface area contributed by atoms with Crippen molar-refractivity contribution in [3.05, 3.63) is 88.6 Å². The molecular formula is C19H15N3O5S. The van der Waals surface area contributed by atoms with Crippen LogP contribution in [0.3, 0.4) is 0 Å². The van der Waals surface area contributed by atoms with E-state index in [2.05, 4.69) is 4.98 Å². The molecule has 0 atom stereocenters. The fraction of sp³-hybridized carbons (Fsp3) is 0.105. The number of nitro benzene ring substituents is 1. The highest BCUT2D eigenvalue weighted by Crippen LogP contribution is 2.29. The van der Waals surface area contributed by atoms with Gasteiger partial charge in [0.1, 0.15) is 11.6 Å². The second-order valence-electron chi connectivity index (χ2n) is 6.09. The summed E-state index contributed by atoms with van der Waals surface area (Å²) < 4.78 is 33.2. The lowest BCUT2D eigenvalue weighted by molar-refractivity contribution is -0.387. The van der Waals surface area contributed by atoms with E-state index in [9.17, 15) is 18.5 Å². The maximum atomic E-state index is 13.4. The van der Waals surface area contributed by atoms with Crippen LogP contribution in [0.4, 0.5) is 5.69 Å². The Morgan fingerprint density at radius 2 is 1.75 bits per heavy atom. The number of hydrogen-bond acceptors (Lipinski definition) is 6. The van der Waals surface area contributed by atoms with Crippen LogP contribution in [0.25, 0.3) is 11.0 Å². The predicted octanol–water partition coefficient (Wildman–Crippen LogP) is 3.56. The molecule has 0 amide bonds. The van der Waals surface area contributed by atoms with Gasteiger partial charge in [-0.25, -0.2) is 17.4 Å². The van der Waals surface area contributed by atoms with Crippen LogP contribution in [0.15, 0.2) is 76.2 Å². The minimum absolute atomic E-state index is 0.288. The second-order valence-corrected chi connectivity index (χ2v) is 7.85. The van der Waals surface area contributed by atoms with Crippen LogP contribution in [0.2, 0.25) is 0 Å². The van der Waals surface area contributed by atoms with E-state index < -0.39 is 20.6 Å². The molecule has 0 aliphatic carbocycles. The minimum Gasteiger partial charge on any atom is -0.469 e. The molecule has 0 aliphatic rings. The van der Waals surface area contributed by atoms with Crippen molar-refractivity contribution in [1.82, 2.24) is 8.96 Å². The van der Waals surface area contributed by atoms with Crippen molar-refractivity contribution in [3.8, 4) is 0 Å². The molecule has 0 N–H and O–H groups in total. The smallest absolute Gasteiger partial charge is 0.289 e. The standard InChI is InChI=1S/C19H15N3O5S/c23-22(24)17-9-3-4-10-18(17)28(25,26)21-16-8-2-1-7-15(16)20-19(21)12-11-14-6-5-13-27-14/h1-10,13H,11-12H2. The average molecular weight is 397 g/mol. The number of aryl methyl sites for hydroxylation is 2. The zero-order valence-electron chi connectivity index (χ0n) is 14.6. The molecule has 0 unspecified atom stereocenters. The van der Waals surface area contributed by atoms with E-state index >= 15 is 0 Å². The summed E-state index contributed by atoms with van der Waals surface area (Å²) in [7, 11) is -4.24. The number of benzene rings is 2. The molecule has 0 aliphatic heterocycles. The van der Waals surface area contributed by atoms with Gasteiger partial charge in [0.25, 0.3) is 15.7 Å². The van der Waals surface area contributed by atoms with E-state index in [0.717, 1.165) is 3.97 Å². The van der Waals surface area contributed by atoms with E-state index in [1.807, 2.05) is 0 Å². The largest absolute Gasteiger partial charge is 0.469 e. The topological polar surface area (TPSA) is 108 Å². The molecule has 9 heteroatoms. The van der Waals surface area contributed by atoms with Gasteiger partial charge in [-0.1, -0.05) is 24.3 Å². The number of imidazole rings is 1. The molecule has 28 heavy (non-hydrogen) atoms. The summed E-state index contributed by atoms with van der Waals surface area (Å²) in [6, 6.07) is 15.6. The van der Waals surface area contributed by atoms with Crippen molar-refractivity contribution < 1.29 is 17.8 Å². The Bertz CT molecular complexity index is 1260. The lowest BCUT2D eigenvalue weighted by Gasteiger charge is -2.10. The summed E-state index contributed by atoms with van der Waals surface area (Å²) >= 11 is 0. The number of hydrogen-bond donors (Lipinski definition) is 0. The molecular weight excluding hydrogens is 382 g/mol. The number of rotatable bonds is 6. The molecule has 0 saturated carbocycles. The van der Waals surface area contributed by atoms with Gasteiger partial charge < -0.3 is 4.42 Å². The molecule has 0 bridgehead atoms. The summed E-state index contributed by atoms with van der Waals surface area (Å²) in [5.74, 6) is 0.984. The highest BCUT2D eigenvalue weighted by molar-refractivity contribution is 7.90. The van der Waals surface area contributed by atoms with Crippen LogP contribution in [-0.2, 0) is 22.9 Å². The number of nitro groups is 1. The van der Waals surface area contributed by atoms with Crippen molar-refractivity contribution in [2.24, 2.45) is 0 Å². The first kappa shape index (κ1) is 17.9. The molecule has 4 rings (SSSR count). The van der Waals surface area contributed by atoms with Crippen LogP contribution in [0.1, 0.15) is 11.6 Å². The summed E-state index contributed by atoms with van der Waals surface area (Å²) in [6.07, 6.45) is 2.28. The lowest BCUT2D eigenvalue weighted by atomic mass is 10.2. The van der Waals surface area contributed by atoms with Crippen molar-refractivity contribution >= 4 is 26.7 Å². The van der Waals surface area contributed by atoms with Crippen LogP contribution in [0, 0.1) is 10.1 Å². The molecule has 0 fully saturated rings. The van der Waals surface area contributed by atoms with Gasteiger partial charge in [0.2, 0.25) is 0 Å². The summed E-state index contributed by atoms with van der Waals surface area (Å²) in [5, 5.41) is 11.4. The van der Waals surface area contributed by atoms with E-state index in [-0.39, 0.29) is 10.7 Å². The van der Waals surface area contributed by atoms with Crippen LogP contribution in [-0.4, -0.2) is 22.3 Å². The molecule has 2 heterocycles. The fourth-order valence-electron chi connectivity index (χ4n) is 3.09. The molecule has 2 aromatic carbocycles. The predicted molar refractivity (Wildman–Crippen MR) is 102 cm³/mol. The van der Waals surface area contributed by atoms with Gasteiger partial charge in [-0.3, -0.25) is 10.1 Å². The van der Waals surface area contributed by atoms with Crippen molar-refractivity contribution in [3.63, 3.8) is 0 Å². The first-order chi connectivity index (χ1) is 13.5. The summed E-state index contributed by atoms with van der Waals surface area (Å²) in [6.45, 7) is 0. The quantitative estimate of drug-likeness (QED) is 0.364. The number of para-hydroxylation sites is 3. The first-order valence-electron chi connectivity index (χ1n) is 8.46. The Morgan fingerprint density at radius 1 is 1.00 bits per heavy atom. The van der Waals surface area contributed by atoms with E-state index in [1.165, 1.54) is 24.3 Å². The summed E-state index contributed by atoms with van der Waals surface area (Å²) in [4.78, 5) is 14.7. The van der Waals surface area contributed by atoms with Gasteiger partial charge in [0.05, 0.1) is 22.2 Å². The monoisotopic (exact) mass is 397 g/mol. The second kappa shape index (κ2) is 6.93. The van der Waals surface area contributed by atoms with Crippen LogP contribution < -0.4 is 0 Å². The molecule has 2 aromatic heterocycles. The molecule has 0 radical (unpaired) electrons. The number of nitrogens with zero attached hydrogens (tertiary/aromatic N) is 3. The van der Waals surface area contributed by atoms with Crippen molar-refractivity contribution in [1.29, 1.82) is 0 Å². The molecule has 142 valence electrons. The third-order valence-corrected chi connectivity index (χ3v) is 6.13. The van der Waals surface area contributed by atoms with E-state index in [0.29, 0.717) is 29.6 Å². The molecule has 8 nitrogen and oxygen atoms in total. The third kappa shape index (κ3) is 3.05. The molecule has 0 spiro atoms. The van der Waals surface area contributed by atoms with Gasteiger partial charge in [-0.15, -0.1) is 0 Å². The average Bonchev–Trinajstić information content (AvgIpc) is 3.33. The summed E-state index contributed by atoms with van der Waals surface area (Å²) in [5.41, 5.74) is 0.395. The Hall–Kier alpha value is -3.46. The molecule has 4 aromatic rings. The Labute approximate surface area is 160 Å². The fourth-order valence-corrected chi connectivity index (χ4v) is 4.77. The highest BCUT2D eigenvalue weighted by atomic mass is 32.2. The van der Waals surface area contributed by atoms with Gasteiger partial charge >= 0.3 is 0 Å². The third-order valence-electron chi connectivity index (χ3n) is 4.34. The maximum absolute atomic E-state index is 13.4. The lowest BCUT2D eigenvalue weighted by Crippen LogP contribution is -2.18. The van der Waals surface area contributed by atoms with Crippen molar-refractivity contribution in [2.45, 2.75) is 17.7 Å². The van der Waals surface area contributed by atoms with Gasteiger partial charge in [-0.2, -0.15) is 0 Å². The number of aromatic nitrogens is 2. The van der Waals surface area contributed by atoms with Gasteiger partial charge in [-0.05, 0) is 30.3 Å². The van der Waals surface area contributed by atoms with Crippen molar-refractivity contribution in [2.75, 3.05) is 0 Å². The van der Waals surface area contributed by atoms with Gasteiger partial charge in [0, 0.05) is 18.9 Å². The Balaban J connectivity index is 1.89. The highest BCUT2D eigenvalue weighted by Gasteiger charge is 2.30. The Kier molecular flexibility index (Phi) is 4.44. The number of furan rings is 1. The van der Waals surface area contributed by atoms with E-state index in [4.69, 9.17) is 4.42 Å². The van der Waals surface area contributed by atoms with Crippen LogP contribution in [0.5, 0.6) is 0 Å². The minimum atomic E-state index is -4.24. The SMILES string of the molecule is O=[N+]([O-])c1ccccc1S(=O)(=O)n1c(CCc2ccco2)nc2ccccc21. The zero-order chi connectivity index (χ0) is 19.7. The zero-order valence-corrected chi connectivity index (χ0v) is 15.4. The molecule has 0 saturated heterocycles. The van der Waals surface area contributed by atoms with Crippen LogP contribution >= 0.6 is 0 Å². The normalized spacial score (nSPS) is 11.7. The number of fused-ring (bicyclic) bond motifs is 1. The van der Waals surface area contributed by atoms with E-state index in [1.54, 1.807) is 42.7 Å². The Morgan fingerprint density at radius 3 is 2.50 bits per heavy atom. The maximum Gasteiger partial charge on any atom is 0.289 e.